The fourth-order valence-corrected chi connectivity index (χ4v) is 5.43. The number of hydrogen-bond donors (Lipinski definition) is 2. The molecule has 2 fully saturated rings. The van der Waals surface area contributed by atoms with Gasteiger partial charge in [-0.3, -0.25) is 9.89 Å². The molecule has 5 heteroatoms. The molecule has 5 nitrogen and oxygen atoms in total. The summed E-state index contributed by atoms with van der Waals surface area (Å²) in [4.78, 5) is 15.6. The van der Waals surface area contributed by atoms with E-state index in [-0.39, 0.29) is 17.9 Å². The third kappa shape index (κ3) is 3.23. The van der Waals surface area contributed by atoms with Crippen LogP contribution in [0.3, 0.4) is 0 Å². The van der Waals surface area contributed by atoms with Gasteiger partial charge in [0.25, 0.3) is 5.91 Å². The van der Waals surface area contributed by atoms with E-state index >= 15 is 0 Å². The lowest BCUT2D eigenvalue weighted by atomic mass is 9.66. The Morgan fingerprint density at radius 1 is 1.07 bits per heavy atom. The standard InChI is InChI=1S/C25H27N3O2/c29-24(19-8-6-7-18(15-19)20-16-26-27-17-20)28-14-13-25(30,21-9-2-1-3-10-21)22-11-4-5-12-23(22)28/h1-3,6-10,15-17,22-23,30H,4-5,11-14H2,(H,26,27)/t22-,23-,25-/m1/s1. The Bertz CT molecular complexity index is 1020. The molecule has 2 aliphatic rings. The number of H-pyrrole nitrogens is 1. The number of benzene rings is 2. The molecule has 1 aromatic heterocycles. The van der Waals surface area contributed by atoms with Crippen molar-refractivity contribution < 1.29 is 9.90 Å². The molecule has 1 saturated carbocycles. The summed E-state index contributed by atoms with van der Waals surface area (Å²) < 4.78 is 0. The summed E-state index contributed by atoms with van der Waals surface area (Å²) in [6, 6.07) is 17.8. The van der Waals surface area contributed by atoms with Crippen molar-refractivity contribution in [2.45, 2.75) is 43.7 Å². The average Bonchev–Trinajstić information content (AvgIpc) is 3.35. The molecule has 0 spiro atoms. The predicted molar refractivity (Wildman–Crippen MR) is 116 cm³/mol. The van der Waals surface area contributed by atoms with Gasteiger partial charge in [-0.1, -0.05) is 55.3 Å². The maximum atomic E-state index is 13.5. The van der Waals surface area contributed by atoms with Crippen LogP contribution >= 0.6 is 0 Å². The van der Waals surface area contributed by atoms with Gasteiger partial charge in [0.2, 0.25) is 0 Å². The van der Waals surface area contributed by atoms with Crippen LogP contribution in [0.2, 0.25) is 0 Å². The Kier molecular flexibility index (Phi) is 4.91. The maximum Gasteiger partial charge on any atom is 0.254 e. The number of hydrogen-bond acceptors (Lipinski definition) is 3. The number of nitrogens with one attached hydrogen (secondary N) is 1. The van der Waals surface area contributed by atoms with Crippen LogP contribution in [0.5, 0.6) is 0 Å². The molecule has 0 unspecified atom stereocenters. The second-order valence-electron chi connectivity index (χ2n) is 8.56. The summed E-state index contributed by atoms with van der Waals surface area (Å²) in [5.74, 6) is 0.135. The summed E-state index contributed by atoms with van der Waals surface area (Å²) in [5, 5.41) is 18.6. The quantitative estimate of drug-likeness (QED) is 0.685. The average molecular weight is 402 g/mol. The zero-order chi connectivity index (χ0) is 20.6. The van der Waals surface area contributed by atoms with Crippen molar-refractivity contribution in [3.05, 3.63) is 78.1 Å². The first kappa shape index (κ1) is 19.1. The SMILES string of the molecule is O=C(c1cccc(-c2cn[nH]c2)c1)N1CC[C@@](O)(c2ccccc2)[C@@H]2CCCC[C@H]21. The number of aliphatic hydroxyl groups is 1. The Morgan fingerprint density at radius 3 is 2.70 bits per heavy atom. The lowest BCUT2D eigenvalue weighted by Gasteiger charge is -2.52. The van der Waals surface area contributed by atoms with Crippen molar-refractivity contribution in [1.29, 1.82) is 0 Å². The van der Waals surface area contributed by atoms with Gasteiger partial charge in [-0.2, -0.15) is 5.10 Å². The Balaban J connectivity index is 1.45. The zero-order valence-electron chi connectivity index (χ0n) is 17.0. The van der Waals surface area contributed by atoms with Gasteiger partial charge in [0, 0.05) is 35.8 Å². The number of rotatable bonds is 3. The Hall–Kier alpha value is -2.92. The van der Waals surface area contributed by atoms with Gasteiger partial charge >= 0.3 is 0 Å². The highest BCUT2D eigenvalue weighted by Gasteiger charge is 2.50. The van der Waals surface area contributed by atoms with E-state index in [4.69, 9.17) is 0 Å². The van der Waals surface area contributed by atoms with E-state index in [1.165, 1.54) is 0 Å². The van der Waals surface area contributed by atoms with Crippen molar-refractivity contribution in [3.8, 4) is 11.1 Å². The summed E-state index contributed by atoms with van der Waals surface area (Å²) >= 11 is 0. The third-order valence-corrected chi connectivity index (χ3v) is 6.95. The van der Waals surface area contributed by atoms with E-state index in [0.29, 0.717) is 18.5 Å². The smallest absolute Gasteiger partial charge is 0.254 e. The summed E-state index contributed by atoms with van der Waals surface area (Å²) in [5.41, 5.74) is 2.77. The number of likely N-dealkylation sites (tertiary alicyclic amines) is 1. The Morgan fingerprint density at radius 2 is 1.90 bits per heavy atom. The number of carbonyl (C=O) groups is 1. The molecule has 0 bridgehead atoms. The normalized spacial score (nSPS) is 26.2. The molecule has 2 N–H and O–H groups in total. The fourth-order valence-electron chi connectivity index (χ4n) is 5.43. The zero-order valence-corrected chi connectivity index (χ0v) is 17.0. The Labute approximate surface area is 176 Å². The minimum Gasteiger partial charge on any atom is -0.385 e. The molecule has 0 radical (unpaired) electrons. The minimum atomic E-state index is -0.859. The van der Waals surface area contributed by atoms with Crippen molar-refractivity contribution in [1.82, 2.24) is 15.1 Å². The number of nitrogens with zero attached hydrogens (tertiary/aromatic N) is 2. The molecular formula is C25H27N3O2. The molecule has 1 saturated heterocycles. The topological polar surface area (TPSA) is 69.2 Å². The van der Waals surface area contributed by atoms with Crippen LogP contribution in [0.25, 0.3) is 11.1 Å². The molecule has 2 aromatic carbocycles. The molecule has 1 amide bonds. The van der Waals surface area contributed by atoms with Crippen LogP contribution in [0, 0.1) is 5.92 Å². The van der Waals surface area contributed by atoms with Crippen LogP contribution in [-0.4, -0.2) is 38.7 Å². The third-order valence-electron chi connectivity index (χ3n) is 6.95. The highest BCUT2D eigenvalue weighted by molar-refractivity contribution is 5.95. The van der Waals surface area contributed by atoms with Gasteiger partial charge in [-0.25, -0.2) is 0 Å². The number of amides is 1. The number of fused-ring (bicyclic) bond motifs is 1. The molecule has 5 rings (SSSR count). The first-order valence-corrected chi connectivity index (χ1v) is 10.8. The van der Waals surface area contributed by atoms with Crippen LogP contribution in [0.1, 0.15) is 48.0 Å². The summed E-state index contributed by atoms with van der Waals surface area (Å²) in [6.45, 7) is 0.571. The van der Waals surface area contributed by atoms with Crippen LogP contribution in [0.4, 0.5) is 0 Å². The van der Waals surface area contributed by atoms with Crippen LogP contribution in [-0.2, 0) is 5.60 Å². The maximum absolute atomic E-state index is 13.5. The molecular weight excluding hydrogens is 374 g/mol. The largest absolute Gasteiger partial charge is 0.385 e. The van der Waals surface area contributed by atoms with Crippen molar-refractivity contribution >= 4 is 5.91 Å². The van der Waals surface area contributed by atoms with E-state index < -0.39 is 5.60 Å². The van der Waals surface area contributed by atoms with Gasteiger partial charge in [0.15, 0.2) is 0 Å². The van der Waals surface area contributed by atoms with E-state index in [1.54, 1.807) is 6.20 Å². The fraction of sp³-hybridized carbons (Fsp3) is 0.360. The number of carbonyl (C=O) groups excluding carboxylic acids is 1. The second kappa shape index (κ2) is 7.73. The van der Waals surface area contributed by atoms with Crippen molar-refractivity contribution in [2.75, 3.05) is 6.54 Å². The number of aromatic nitrogens is 2. The molecule has 1 aliphatic carbocycles. The van der Waals surface area contributed by atoms with Crippen molar-refractivity contribution in [3.63, 3.8) is 0 Å². The van der Waals surface area contributed by atoms with Gasteiger partial charge < -0.3 is 10.0 Å². The van der Waals surface area contributed by atoms with E-state index in [1.807, 2.05) is 65.7 Å². The van der Waals surface area contributed by atoms with Gasteiger partial charge in [-0.15, -0.1) is 0 Å². The highest BCUT2D eigenvalue weighted by atomic mass is 16.3. The van der Waals surface area contributed by atoms with Gasteiger partial charge in [-0.05, 0) is 42.5 Å². The van der Waals surface area contributed by atoms with E-state index in [9.17, 15) is 9.90 Å². The van der Waals surface area contributed by atoms with Crippen LogP contribution in [0.15, 0.2) is 67.0 Å². The monoisotopic (exact) mass is 401 g/mol. The van der Waals surface area contributed by atoms with Crippen LogP contribution < -0.4 is 0 Å². The molecule has 1 aliphatic heterocycles. The molecule has 3 aromatic rings. The number of aromatic amines is 1. The molecule has 30 heavy (non-hydrogen) atoms. The molecule has 3 atom stereocenters. The van der Waals surface area contributed by atoms with Crippen molar-refractivity contribution in [2.24, 2.45) is 5.92 Å². The number of piperidine rings is 1. The highest BCUT2D eigenvalue weighted by Crippen LogP contribution is 2.47. The first-order chi connectivity index (χ1) is 14.7. The molecule has 154 valence electrons. The predicted octanol–water partition coefficient (Wildman–Crippen LogP) is 4.37. The lowest BCUT2D eigenvalue weighted by Crippen LogP contribution is -2.59. The van der Waals surface area contributed by atoms with E-state index in [2.05, 4.69) is 10.2 Å². The molecule has 2 heterocycles. The van der Waals surface area contributed by atoms with E-state index in [0.717, 1.165) is 42.4 Å². The summed E-state index contributed by atoms with van der Waals surface area (Å²) in [6.07, 6.45) is 8.29. The minimum absolute atomic E-state index is 0.0624. The summed E-state index contributed by atoms with van der Waals surface area (Å²) in [7, 11) is 0. The van der Waals surface area contributed by atoms with Gasteiger partial charge in [0.05, 0.1) is 11.8 Å². The van der Waals surface area contributed by atoms with Gasteiger partial charge in [0.1, 0.15) is 0 Å². The first-order valence-electron chi connectivity index (χ1n) is 10.8. The lowest BCUT2D eigenvalue weighted by molar-refractivity contribution is -0.110. The second-order valence-corrected chi connectivity index (χ2v) is 8.56.